The largest absolute Gasteiger partial charge is 0.507 e. The Morgan fingerprint density at radius 1 is 1.16 bits per heavy atom. The van der Waals surface area contributed by atoms with Crippen molar-refractivity contribution in [2.45, 2.75) is 6.42 Å². The van der Waals surface area contributed by atoms with Gasteiger partial charge in [-0.2, -0.15) is 0 Å². The number of phenols is 1. The van der Waals surface area contributed by atoms with Gasteiger partial charge in [0.25, 0.3) is 5.91 Å². The highest BCUT2D eigenvalue weighted by Crippen LogP contribution is 2.28. The van der Waals surface area contributed by atoms with E-state index in [1.165, 1.54) is 6.07 Å². The molecule has 19 heavy (non-hydrogen) atoms. The molecule has 2 aromatic rings. The summed E-state index contributed by atoms with van der Waals surface area (Å²) < 4.78 is 0.513. The first-order valence-corrected chi connectivity index (χ1v) is 6.41. The van der Waals surface area contributed by atoms with Crippen molar-refractivity contribution >= 4 is 27.5 Å². The zero-order valence-electron chi connectivity index (χ0n) is 9.95. The number of phenolic OH excluding ortho intramolecular Hbond substituents is 1. The van der Waals surface area contributed by atoms with E-state index in [2.05, 4.69) is 26.2 Å². The van der Waals surface area contributed by atoms with Gasteiger partial charge in [-0.15, -0.1) is 10.2 Å². The third-order valence-corrected chi connectivity index (χ3v) is 3.04. The van der Waals surface area contributed by atoms with E-state index in [0.29, 0.717) is 10.2 Å². The van der Waals surface area contributed by atoms with E-state index in [9.17, 15) is 9.90 Å². The first-order valence-electron chi connectivity index (χ1n) is 5.62. The summed E-state index contributed by atoms with van der Waals surface area (Å²) in [5, 5.41) is 16.8. The third kappa shape index (κ3) is 3.99. The molecule has 0 fully saturated rings. The Morgan fingerprint density at radius 3 is 2.58 bits per heavy atom. The number of carbonyl (C=O) groups excluding carboxylic acids is 1. The number of amides is 1. The van der Waals surface area contributed by atoms with Crippen LogP contribution in [0.15, 0.2) is 63.2 Å². The van der Waals surface area contributed by atoms with Gasteiger partial charge >= 0.3 is 0 Å². The van der Waals surface area contributed by atoms with E-state index in [-0.39, 0.29) is 18.1 Å². The molecule has 0 aliphatic carbocycles. The third-order valence-electron chi connectivity index (χ3n) is 2.41. The number of hydrogen-bond acceptors (Lipinski definition) is 3. The minimum absolute atomic E-state index is 0.120. The topological polar surface area (TPSA) is 62.0 Å². The Morgan fingerprint density at radius 2 is 1.89 bits per heavy atom. The predicted molar refractivity (Wildman–Crippen MR) is 75.5 cm³/mol. The summed E-state index contributed by atoms with van der Waals surface area (Å²) in [7, 11) is 0. The SMILES string of the molecule is O=C(Cc1ccccc1)N=Nc1ccc(O)c(Br)c1. The number of aromatic hydroxyl groups is 1. The maximum absolute atomic E-state index is 11.6. The molecule has 1 amide bonds. The number of rotatable bonds is 3. The molecule has 2 rings (SSSR count). The van der Waals surface area contributed by atoms with Crippen molar-refractivity contribution in [1.82, 2.24) is 0 Å². The molecule has 0 heterocycles. The molecule has 0 radical (unpaired) electrons. The first-order chi connectivity index (χ1) is 9.15. The van der Waals surface area contributed by atoms with Gasteiger partial charge in [0.1, 0.15) is 5.75 Å². The van der Waals surface area contributed by atoms with Gasteiger partial charge in [-0.25, -0.2) is 0 Å². The van der Waals surface area contributed by atoms with E-state index in [1.807, 2.05) is 30.3 Å². The van der Waals surface area contributed by atoms with Crippen LogP contribution in [0.2, 0.25) is 0 Å². The molecule has 1 N–H and O–H groups in total. The van der Waals surface area contributed by atoms with Gasteiger partial charge in [0.15, 0.2) is 0 Å². The van der Waals surface area contributed by atoms with E-state index >= 15 is 0 Å². The second kappa shape index (κ2) is 6.24. The lowest BCUT2D eigenvalue weighted by molar-refractivity contribution is -0.117. The lowest BCUT2D eigenvalue weighted by Gasteiger charge is -1.97. The van der Waals surface area contributed by atoms with E-state index < -0.39 is 0 Å². The minimum Gasteiger partial charge on any atom is -0.507 e. The van der Waals surface area contributed by atoms with Crippen molar-refractivity contribution in [1.29, 1.82) is 0 Å². The monoisotopic (exact) mass is 318 g/mol. The lowest BCUT2D eigenvalue weighted by atomic mass is 10.1. The maximum atomic E-state index is 11.6. The molecule has 0 aromatic heterocycles. The van der Waals surface area contributed by atoms with Crippen LogP contribution in [0, 0.1) is 0 Å². The fourth-order valence-corrected chi connectivity index (χ4v) is 1.84. The van der Waals surface area contributed by atoms with Crippen molar-refractivity contribution in [2.75, 3.05) is 0 Å². The zero-order valence-corrected chi connectivity index (χ0v) is 11.5. The van der Waals surface area contributed by atoms with Crippen LogP contribution in [-0.2, 0) is 11.2 Å². The summed E-state index contributed by atoms with van der Waals surface area (Å²) in [6, 6.07) is 14.0. The molecule has 0 bridgehead atoms. The highest BCUT2D eigenvalue weighted by molar-refractivity contribution is 9.10. The second-order valence-electron chi connectivity index (χ2n) is 3.89. The number of benzene rings is 2. The highest BCUT2D eigenvalue weighted by Gasteiger charge is 2.02. The second-order valence-corrected chi connectivity index (χ2v) is 4.75. The van der Waals surface area contributed by atoms with Gasteiger partial charge in [-0.3, -0.25) is 4.79 Å². The Balaban J connectivity index is 2.02. The molecule has 5 heteroatoms. The molecule has 0 saturated carbocycles. The fraction of sp³-hybridized carbons (Fsp3) is 0.0714. The van der Waals surface area contributed by atoms with E-state index in [4.69, 9.17) is 0 Å². The van der Waals surface area contributed by atoms with Crippen LogP contribution in [0.5, 0.6) is 5.75 Å². The predicted octanol–water partition coefficient (Wildman–Crippen LogP) is 4.01. The number of azo groups is 1. The average Bonchev–Trinajstić information content (AvgIpc) is 2.41. The summed E-state index contributed by atoms with van der Waals surface area (Å²) in [6.45, 7) is 0. The molecule has 0 unspecified atom stereocenters. The van der Waals surface area contributed by atoms with Crippen LogP contribution in [0.1, 0.15) is 5.56 Å². The van der Waals surface area contributed by atoms with Crippen molar-refractivity contribution in [3.8, 4) is 5.75 Å². The van der Waals surface area contributed by atoms with Crippen LogP contribution >= 0.6 is 15.9 Å². The van der Waals surface area contributed by atoms with Crippen molar-refractivity contribution < 1.29 is 9.90 Å². The van der Waals surface area contributed by atoms with Gasteiger partial charge in [0.05, 0.1) is 16.6 Å². The number of halogens is 1. The van der Waals surface area contributed by atoms with Gasteiger partial charge in [-0.1, -0.05) is 30.3 Å². The fourth-order valence-electron chi connectivity index (χ4n) is 1.48. The minimum atomic E-state index is -0.310. The molecular weight excluding hydrogens is 308 g/mol. The van der Waals surface area contributed by atoms with Crippen molar-refractivity contribution in [2.24, 2.45) is 10.2 Å². The number of nitrogens with zero attached hydrogens (tertiary/aromatic N) is 2. The number of hydrogen-bond donors (Lipinski definition) is 1. The quantitative estimate of drug-likeness (QED) is 0.869. The molecule has 2 aromatic carbocycles. The van der Waals surface area contributed by atoms with Crippen molar-refractivity contribution in [3.05, 3.63) is 58.6 Å². The van der Waals surface area contributed by atoms with Crippen LogP contribution in [-0.4, -0.2) is 11.0 Å². The molecule has 0 aliphatic rings. The maximum Gasteiger partial charge on any atom is 0.269 e. The zero-order chi connectivity index (χ0) is 13.7. The standard InChI is InChI=1S/C14H11BrN2O2/c15-12-9-11(6-7-13(12)18)16-17-14(19)8-10-4-2-1-3-5-10/h1-7,9,18H,8H2. The molecule has 4 nitrogen and oxygen atoms in total. The Labute approximate surface area is 118 Å². The van der Waals surface area contributed by atoms with Gasteiger partial charge in [0.2, 0.25) is 0 Å². The highest BCUT2D eigenvalue weighted by atomic mass is 79.9. The Kier molecular flexibility index (Phi) is 4.41. The molecule has 96 valence electrons. The van der Waals surface area contributed by atoms with Crippen molar-refractivity contribution in [3.63, 3.8) is 0 Å². The lowest BCUT2D eigenvalue weighted by Crippen LogP contribution is -1.97. The summed E-state index contributed by atoms with van der Waals surface area (Å²) >= 11 is 3.17. The molecular formula is C14H11BrN2O2. The summed E-state index contributed by atoms with van der Waals surface area (Å²) in [5.41, 5.74) is 1.41. The van der Waals surface area contributed by atoms with Gasteiger partial charge in [-0.05, 0) is 39.7 Å². The Hall–Kier alpha value is -2.01. The molecule has 0 saturated heterocycles. The smallest absolute Gasteiger partial charge is 0.269 e. The normalized spacial score (nSPS) is 10.8. The van der Waals surface area contributed by atoms with E-state index in [1.54, 1.807) is 12.1 Å². The number of carbonyl (C=O) groups is 1. The molecule has 0 spiro atoms. The van der Waals surface area contributed by atoms with E-state index in [0.717, 1.165) is 5.56 Å². The summed E-state index contributed by atoms with van der Waals surface area (Å²) in [5.74, 6) is -0.190. The van der Waals surface area contributed by atoms with Gasteiger partial charge < -0.3 is 5.11 Å². The average molecular weight is 319 g/mol. The van der Waals surface area contributed by atoms with Gasteiger partial charge in [0, 0.05) is 0 Å². The first kappa shape index (κ1) is 13.4. The summed E-state index contributed by atoms with van der Waals surface area (Å²) in [6.07, 6.45) is 0.226. The summed E-state index contributed by atoms with van der Waals surface area (Å²) in [4.78, 5) is 11.6. The molecule has 0 atom stereocenters. The van der Waals surface area contributed by atoms with Crippen LogP contribution in [0.3, 0.4) is 0 Å². The molecule has 0 aliphatic heterocycles. The Bertz CT molecular complexity index is 612. The van der Waals surface area contributed by atoms with Crippen LogP contribution in [0.4, 0.5) is 5.69 Å². The van der Waals surface area contributed by atoms with Crippen LogP contribution in [0.25, 0.3) is 0 Å². The van der Waals surface area contributed by atoms with Crippen LogP contribution < -0.4 is 0 Å².